The highest BCUT2D eigenvalue weighted by Gasteiger charge is 2.35. The predicted octanol–water partition coefficient (Wildman–Crippen LogP) is 17.4. The van der Waals surface area contributed by atoms with E-state index in [4.69, 9.17) is 9.97 Å². The van der Waals surface area contributed by atoms with Gasteiger partial charge in [0.05, 0.1) is 33.3 Å². The average molecular weight is 905 g/mol. The van der Waals surface area contributed by atoms with E-state index in [1.807, 2.05) is 0 Å². The zero-order chi connectivity index (χ0) is 47.0. The topological polar surface area (TPSA) is 35.6 Å². The van der Waals surface area contributed by atoms with Gasteiger partial charge >= 0.3 is 0 Å². The van der Waals surface area contributed by atoms with Gasteiger partial charge in [-0.3, -0.25) is 0 Å². The molecule has 1 aliphatic rings. The van der Waals surface area contributed by atoms with E-state index in [-0.39, 0.29) is 5.41 Å². The van der Waals surface area contributed by atoms with Crippen LogP contribution >= 0.6 is 0 Å². The van der Waals surface area contributed by atoms with Crippen LogP contribution in [0.4, 0.5) is 0 Å². The minimum atomic E-state index is -0.144. The highest BCUT2D eigenvalue weighted by molar-refractivity contribution is 6.33. The summed E-state index contributed by atoms with van der Waals surface area (Å²) in [6, 6.07) is 84.2. The molecule has 71 heavy (non-hydrogen) atoms. The standard InChI is InChI=1S/C67H44N4/c1-67(2)57-27-15-13-23-49(57)50-35-33-44(37-58(50)67)66-68-59-36-34-46(38-55(59)64(69-66)43-31-29-42(30-32-43)41-17-5-3-6-18-41)70-60-28-16-14-24-51(60)54-39-56-62(40-61(54)70)71(45-19-7-4-8-20-45)65-53-26-12-10-22-48(53)47-21-9-11-25-52(47)63(56)65/h3-40H,1-2H3. The van der Waals surface area contributed by atoms with Crippen LogP contribution in [-0.2, 0) is 5.41 Å². The van der Waals surface area contributed by atoms with E-state index in [2.05, 4.69) is 254 Å². The molecule has 0 saturated carbocycles. The highest BCUT2D eigenvalue weighted by Crippen LogP contribution is 2.50. The van der Waals surface area contributed by atoms with E-state index in [1.165, 1.54) is 82.0 Å². The van der Waals surface area contributed by atoms with Crippen molar-refractivity contribution >= 4 is 76.1 Å². The molecule has 11 aromatic carbocycles. The number of aromatic nitrogens is 4. The van der Waals surface area contributed by atoms with Crippen LogP contribution in [0.15, 0.2) is 231 Å². The molecule has 0 fully saturated rings. The van der Waals surface area contributed by atoms with Gasteiger partial charge in [0.15, 0.2) is 5.82 Å². The lowest BCUT2D eigenvalue weighted by atomic mass is 9.82. The number of hydrogen-bond acceptors (Lipinski definition) is 2. The molecule has 0 unspecified atom stereocenters. The summed E-state index contributed by atoms with van der Waals surface area (Å²) in [5.41, 5.74) is 18.2. The summed E-state index contributed by atoms with van der Waals surface area (Å²) in [5, 5.41) is 11.0. The van der Waals surface area contributed by atoms with Crippen molar-refractivity contribution in [2.24, 2.45) is 0 Å². The molecule has 1 aliphatic carbocycles. The zero-order valence-electron chi connectivity index (χ0n) is 39.2. The monoisotopic (exact) mass is 904 g/mol. The quantitative estimate of drug-likeness (QED) is 0.161. The SMILES string of the molecule is CC1(C)c2ccccc2-c2ccc(-c3nc(-c4ccc(-c5ccccc5)cc4)c4cc(-n5c6ccccc6c6cc7c8c9ccccc9c9ccccc9c8n(-c8ccccc8)c7cc65)ccc4n3)cc21. The van der Waals surface area contributed by atoms with Gasteiger partial charge in [0.2, 0.25) is 0 Å². The molecule has 4 heteroatoms. The Balaban J connectivity index is 0.988. The van der Waals surface area contributed by atoms with Crippen LogP contribution in [0.2, 0.25) is 0 Å². The third-order valence-corrected chi connectivity index (χ3v) is 15.5. The van der Waals surface area contributed by atoms with Gasteiger partial charge in [-0.1, -0.05) is 190 Å². The highest BCUT2D eigenvalue weighted by atomic mass is 15.0. The summed E-state index contributed by atoms with van der Waals surface area (Å²) in [5.74, 6) is 0.718. The first-order valence-corrected chi connectivity index (χ1v) is 24.6. The number of rotatable bonds is 5. The van der Waals surface area contributed by atoms with Crippen LogP contribution in [0.3, 0.4) is 0 Å². The van der Waals surface area contributed by atoms with Crippen LogP contribution in [0.1, 0.15) is 25.0 Å². The molecule has 0 radical (unpaired) electrons. The van der Waals surface area contributed by atoms with Gasteiger partial charge < -0.3 is 9.13 Å². The lowest BCUT2D eigenvalue weighted by Gasteiger charge is -2.22. The van der Waals surface area contributed by atoms with E-state index in [0.717, 1.165) is 61.5 Å². The van der Waals surface area contributed by atoms with Crippen molar-refractivity contribution in [1.29, 1.82) is 0 Å². The molecule has 0 aliphatic heterocycles. The molecular formula is C67H44N4. The van der Waals surface area contributed by atoms with Crippen LogP contribution < -0.4 is 0 Å². The van der Waals surface area contributed by atoms with E-state index < -0.39 is 0 Å². The summed E-state index contributed by atoms with van der Waals surface area (Å²) in [6.45, 7) is 4.66. The maximum atomic E-state index is 5.55. The van der Waals surface area contributed by atoms with Crippen molar-refractivity contribution in [1.82, 2.24) is 19.1 Å². The number of nitrogens with zero attached hydrogens (tertiary/aromatic N) is 4. The van der Waals surface area contributed by atoms with E-state index in [1.54, 1.807) is 0 Å². The van der Waals surface area contributed by atoms with Crippen molar-refractivity contribution < 1.29 is 0 Å². The molecule has 0 spiro atoms. The van der Waals surface area contributed by atoms with Crippen molar-refractivity contribution in [3.63, 3.8) is 0 Å². The van der Waals surface area contributed by atoms with E-state index >= 15 is 0 Å². The Morgan fingerprint density at radius 2 is 0.944 bits per heavy atom. The summed E-state index contributed by atoms with van der Waals surface area (Å²) in [7, 11) is 0. The third-order valence-electron chi connectivity index (χ3n) is 15.5. The fourth-order valence-corrected chi connectivity index (χ4v) is 12.2. The van der Waals surface area contributed by atoms with Crippen molar-refractivity contribution in [2.75, 3.05) is 0 Å². The first-order valence-electron chi connectivity index (χ1n) is 24.6. The van der Waals surface area contributed by atoms with Gasteiger partial charge in [-0.15, -0.1) is 0 Å². The summed E-state index contributed by atoms with van der Waals surface area (Å²) >= 11 is 0. The zero-order valence-corrected chi connectivity index (χ0v) is 39.2. The molecular weight excluding hydrogens is 861 g/mol. The molecule has 15 rings (SSSR count). The molecule has 4 nitrogen and oxygen atoms in total. The molecule has 332 valence electrons. The molecule has 0 bridgehead atoms. The smallest absolute Gasteiger partial charge is 0.160 e. The molecule has 0 amide bonds. The molecule has 0 atom stereocenters. The summed E-state index contributed by atoms with van der Waals surface area (Å²) in [4.78, 5) is 11.0. The molecule has 3 heterocycles. The van der Waals surface area contributed by atoms with E-state index in [9.17, 15) is 0 Å². The molecule has 3 aromatic heterocycles. The minimum Gasteiger partial charge on any atom is -0.309 e. The number of fused-ring (bicyclic) bond motifs is 15. The largest absolute Gasteiger partial charge is 0.309 e. The number of para-hydroxylation sites is 2. The number of hydrogen-bond donors (Lipinski definition) is 0. The second-order valence-corrected chi connectivity index (χ2v) is 19.7. The van der Waals surface area contributed by atoms with Gasteiger partial charge in [-0.05, 0) is 104 Å². The Morgan fingerprint density at radius 1 is 0.338 bits per heavy atom. The third kappa shape index (κ3) is 5.79. The minimum absolute atomic E-state index is 0.144. The fourth-order valence-electron chi connectivity index (χ4n) is 12.2. The Bertz CT molecular complexity index is 4520. The van der Waals surface area contributed by atoms with Crippen LogP contribution in [0, 0.1) is 0 Å². The summed E-state index contributed by atoms with van der Waals surface area (Å²) < 4.78 is 4.94. The van der Waals surface area contributed by atoms with Gasteiger partial charge in [0, 0.05) is 60.2 Å². The first-order chi connectivity index (χ1) is 35.0. The van der Waals surface area contributed by atoms with Crippen LogP contribution in [0.25, 0.3) is 132 Å². The Morgan fingerprint density at radius 3 is 1.75 bits per heavy atom. The van der Waals surface area contributed by atoms with Crippen molar-refractivity contribution in [3.05, 3.63) is 242 Å². The maximum Gasteiger partial charge on any atom is 0.160 e. The normalized spacial score (nSPS) is 13.0. The summed E-state index contributed by atoms with van der Waals surface area (Å²) in [6.07, 6.45) is 0. The van der Waals surface area contributed by atoms with Gasteiger partial charge in [0.1, 0.15) is 0 Å². The Kier molecular flexibility index (Phi) is 8.38. The van der Waals surface area contributed by atoms with Gasteiger partial charge in [-0.25, -0.2) is 9.97 Å². The maximum absolute atomic E-state index is 5.55. The first kappa shape index (κ1) is 39.8. The lowest BCUT2D eigenvalue weighted by molar-refractivity contribution is 0.660. The molecule has 0 saturated heterocycles. The Labute approximate surface area is 410 Å². The van der Waals surface area contributed by atoms with Crippen molar-refractivity contribution in [3.8, 4) is 56.3 Å². The molecule has 14 aromatic rings. The van der Waals surface area contributed by atoms with E-state index in [0.29, 0.717) is 0 Å². The van der Waals surface area contributed by atoms with Crippen LogP contribution in [0.5, 0.6) is 0 Å². The average Bonchev–Trinajstić information content (AvgIpc) is 4.03. The van der Waals surface area contributed by atoms with Gasteiger partial charge in [0.25, 0.3) is 0 Å². The lowest BCUT2D eigenvalue weighted by Crippen LogP contribution is -2.15. The predicted molar refractivity (Wildman–Crippen MR) is 297 cm³/mol. The van der Waals surface area contributed by atoms with Gasteiger partial charge in [-0.2, -0.15) is 0 Å². The Hall–Kier alpha value is -9.12. The molecule has 0 N–H and O–H groups in total. The second kappa shape index (κ2) is 14.9. The number of benzene rings is 11. The van der Waals surface area contributed by atoms with Crippen molar-refractivity contribution in [2.45, 2.75) is 19.3 Å². The van der Waals surface area contributed by atoms with Crippen LogP contribution in [-0.4, -0.2) is 19.1 Å². The fraction of sp³-hybridized carbons (Fsp3) is 0.0448. The second-order valence-electron chi connectivity index (χ2n) is 19.7.